The summed E-state index contributed by atoms with van der Waals surface area (Å²) < 4.78 is 39.9. The van der Waals surface area contributed by atoms with Gasteiger partial charge in [0.2, 0.25) is 0 Å². The van der Waals surface area contributed by atoms with Gasteiger partial charge in [0.15, 0.2) is 0 Å². The van der Waals surface area contributed by atoms with Crippen LogP contribution in [0.25, 0.3) is 11.3 Å². The average molecular weight is 317 g/mol. The summed E-state index contributed by atoms with van der Waals surface area (Å²) in [6, 6.07) is 18.4. The number of alkyl halides is 3. The summed E-state index contributed by atoms with van der Waals surface area (Å²) in [5, 5.41) is 7.71. The molecule has 0 amide bonds. The van der Waals surface area contributed by atoms with Crippen molar-refractivity contribution in [3.63, 3.8) is 0 Å². The minimum atomic E-state index is -4.32. The molecule has 0 saturated carbocycles. The van der Waals surface area contributed by atoms with Crippen LogP contribution in [-0.4, -0.2) is 21.2 Å². The zero-order valence-corrected chi connectivity index (χ0v) is 12.2. The highest BCUT2D eigenvalue weighted by atomic mass is 19.4. The third kappa shape index (κ3) is 3.77. The molecular weight excluding hydrogens is 303 g/mol. The van der Waals surface area contributed by atoms with Gasteiger partial charge in [0, 0.05) is 5.56 Å². The monoisotopic (exact) mass is 317 g/mol. The van der Waals surface area contributed by atoms with E-state index < -0.39 is 12.6 Å². The first-order valence-corrected chi connectivity index (χ1v) is 7.11. The third-order valence-corrected chi connectivity index (χ3v) is 3.40. The number of halogens is 3. The molecule has 0 spiro atoms. The molecular formula is C17H14F3N3. The predicted molar refractivity (Wildman–Crippen MR) is 80.8 cm³/mol. The molecule has 118 valence electrons. The van der Waals surface area contributed by atoms with Gasteiger partial charge in [-0.2, -0.15) is 13.2 Å². The SMILES string of the molecule is FC(F)(F)Cc1nnn(Cc2ccccc2)c1-c1ccccc1. The second kappa shape index (κ2) is 6.24. The second-order valence-electron chi connectivity index (χ2n) is 5.19. The van der Waals surface area contributed by atoms with Crippen LogP contribution in [0, 0.1) is 0 Å². The molecule has 0 aliphatic carbocycles. The van der Waals surface area contributed by atoms with E-state index in [0.717, 1.165) is 5.56 Å². The van der Waals surface area contributed by atoms with Gasteiger partial charge in [0.1, 0.15) is 0 Å². The standard InChI is InChI=1S/C17H14F3N3/c18-17(19,20)11-15-16(14-9-5-2-6-10-14)23(22-21-15)12-13-7-3-1-4-8-13/h1-10H,11-12H2. The largest absolute Gasteiger partial charge is 0.394 e. The van der Waals surface area contributed by atoms with Gasteiger partial charge in [0.25, 0.3) is 0 Å². The summed E-state index contributed by atoms with van der Waals surface area (Å²) in [6.07, 6.45) is -5.41. The number of hydrogen-bond donors (Lipinski definition) is 0. The molecule has 1 aromatic heterocycles. The molecule has 23 heavy (non-hydrogen) atoms. The van der Waals surface area contributed by atoms with E-state index in [4.69, 9.17) is 0 Å². The van der Waals surface area contributed by atoms with E-state index in [1.165, 1.54) is 4.68 Å². The van der Waals surface area contributed by atoms with Crippen molar-refractivity contribution in [1.29, 1.82) is 0 Å². The number of rotatable bonds is 4. The van der Waals surface area contributed by atoms with Gasteiger partial charge in [-0.1, -0.05) is 65.9 Å². The summed E-state index contributed by atoms with van der Waals surface area (Å²) >= 11 is 0. The van der Waals surface area contributed by atoms with E-state index >= 15 is 0 Å². The molecule has 1 heterocycles. The highest BCUT2D eigenvalue weighted by Gasteiger charge is 2.32. The van der Waals surface area contributed by atoms with Crippen LogP contribution >= 0.6 is 0 Å². The van der Waals surface area contributed by atoms with Crippen LogP contribution in [0.4, 0.5) is 13.2 Å². The normalized spacial score (nSPS) is 11.6. The van der Waals surface area contributed by atoms with Crippen LogP contribution in [0.1, 0.15) is 11.3 Å². The van der Waals surface area contributed by atoms with E-state index in [1.54, 1.807) is 24.3 Å². The lowest BCUT2D eigenvalue weighted by molar-refractivity contribution is -0.127. The zero-order chi connectivity index (χ0) is 16.3. The van der Waals surface area contributed by atoms with Gasteiger partial charge in [-0.15, -0.1) is 5.10 Å². The Morgan fingerprint density at radius 3 is 2.09 bits per heavy atom. The highest BCUT2D eigenvalue weighted by Crippen LogP contribution is 2.28. The number of hydrogen-bond acceptors (Lipinski definition) is 2. The molecule has 0 atom stereocenters. The second-order valence-corrected chi connectivity index (χ2v) is 5.19. The summed E-state index contributed by atoms with van der Waals surface area (Å²) in [7, 11) is 0. The van der Waals surface area contributed by atoms with Crippen molar-refractivity contribution in [3.8, 4) is 11.3 Å². The molecule has 0 saturated heterocycles. The van der Waals surface area contributed by atoms with E-state index in [9.17, 15) is 13.2 Å². The summed E-state index contributed by atoms with van der Waals surface area (Å²) in [4.78, 5) is 0. The fourth-order valence-electron chi connectivity index (χ4n) is 2.44. The van der Waals surface area contributed by atoms with Crippen LogP contribution in [0.3, 0.4) is 0 Å². The number of aromatic nitrogens is 3. The lowest BCUT2D eigenvalue weighted by Gasteiger charge is -2.10. The maximum Gasteiger partial charge on any atom is 0.394 e. The van der Waals surface area contributed by atoms with Crippen molar-refractivity contribution in [2.75, 3.05) is 0 Å². The quantitative estimate of drug-likeness (QED) is 0.725. The fourth-order valence-corrected chi connectivity index (χ4v) is 2.44. The smallest absolute Gasteiger partial charge is 0.240 e. The van der Waals surface area contributed by atoms with E-state index in [-0.39, 0.29) is 5.69 Å². The van der Waals surface area contributed by atoms with E-state index in [0.29, 0.717) is 17.8 Å². The Balaban J connectivity index is 2.02. The van der Waals surface area contributed by atoms with Crippen LogP contribution < -0.4 is 0 Å². The predicted octanol–water partition coefficient (Wildman–Crippen LogP) is 4.10. The van der Waals surface area contributed by atoms with Gasteiger partial charge in [0.05, 0.1) is 24.4 Å². The van der Waals surface area contributed by atoms with Crippen LogP contribution in [0.5, 0.6) is 0 Å². The Morgan fingerprint density at radius 1 is 0.870 bits per heavy atom. The topological polar surface area (TPSA) is 30.7 Å². The first kappa shape index (κ1) is 15.3. The van der Waals surface area contributed by atoms with Crippen molar-refractivity contribution in [3.05, 3.63) is 71.9 Å². The van der Waals surface area contributed by atoms with Gasteiger partial charge in [-0.05, 0) is 5.56 Å². The Bertz CT molecular complexity index is 765. The molecule has 6 heteroatoms. The first-order chi connectivity index (χ1) is 11.0. The first-order valence-electron chi connectivity index (χ1n) is 7.11. The van der Waals surface area contributed by atoms with Crippen molar-refractivity contribution < 1.29 is 13.2 Å². The lowest BCUT2D eigenvalue weighted by Crippen LogP contribution is -2.13. The van der Waals surface area contributed by atoms with Crippen LogP contribution in [0.2, 0.25) is 0 Å². The Hall–Kier alpha value is -2.63. The minimum Gasteiger partial charge on any atom is -0.240 e. The summed E-state index contributed by atoms with van der Waals surface area (Å²) in [5.41, 5.74) is 1.98. The average Bonchev–Trinajstić information content (AvgIpc) is 2.89. The Kier molecular flexibility index (Phi) is 4.14. The lowest BCUT2D eigenvalue weighted by atomic mass is 10.1. The van der Waals surface area contributed by atoms with Crippen LogP contribution in [-0.2, 0) is 13.0 Å². The highest BCUT2D eigenvalue weighted by molar-refractivity contribution is 5.62. The van der Waals surface area contributed by atoms with Crippen molar-refractivity contribution in [2.45, 2.75) is 19.1 Å². The number of benzene rings is 2. The molecule has 0 fully saturated rings. The van der Waals surface area contributed by atoms with Crippen molar-refractivity contribution in [2.24, 2.45) is 0 Å². The zero-order valence-electron chi connectivity index (χ0n) is 12.2. The molecule has 0 bridgehead atoms. The molecule has 0 aliphatic rings. The summed E-state index contributed by atoms with van der Waals surface area (Å²) in [6.45, 7) is 0.371. The van der Waals surface area contributed by atoms with Gasteiger partial charge in [-0.25, -0.2) is 4.68 Å². The molecule has 3 nitrogen and oxygen atoms in total. The molecule has 0 aliphatic heterocycles. The molecule has 3 aromatic rings. The van der Waals surface area contributed by atoms with Gasteiger partial charge >= 0.3 is 6.18 Å². The molecule has 2 aromatic carbocycles. The molecule has 3 rings (SSSR count). The van der Waals surface area contributed by atoms with E-state index in [2.05, 4.69) is 10.3 Å². The molecule has 0 N–H and O–H groups in total. The summed E-state index contributed by atoms with van der Waals surface area (Å²) in [5.74, 6) is 0. The molecule has 0 unspecified atom stereocenters. The Labute approximate surface area is 131 Å². The third-order valence-electron chi connectivity index (χ3n) is 3.40. The molecule has 0 radical (unpaired) electrons. The van der Waals surface area contributed by atoms with E-state index in [1.807, 2.05) is 36.4 Å². The fraction of sp³-hybridized carbons (Fsp3) is 0.176. The van der Waals surface area contributed by atoms with Crippen molar-refractivity contribution in [1.82, 2.24) is 15.0 Å². The van der Waals surface area contributed by atoms with Gasteiger partial charge in [-0.3, -0.25) is 0 Å². The maximum absolute atomic E-state index is 12.8. The van der Waals surface area contributed by atoms with Gasteiger partial charge < -0.3 is 0 Å². The minimum absolute atomic E-state index is 0.0559. The van der Waals surface area contributed by atoms with Crippen LogP contribution in [0.15, 0.2) is 60.7 Å². The maximum atomic E-state index is 12.8. The van der Waals surface area contributed by atoms with Crippen molar-refractivity contribution >= 4 is 0 Å². The number of nitrogens with zero attached hydrogens (tertiary/aromatic N) is 3. The Morgan fingerprint density at radius 2 is 1.48 bits per heavy atom.